The zero-order valence-electron chi connectivity index (χ0n) is 16.8. The van der Waals surface area contributed by atoms with Crippen molar-refractivity contribution in [2.24, 2.45) is 14.1 Å². The molecule has 1 N–H and O–H groups in total. The van der Waals surface area contributed by atoms with Crippen molar-refractivity contribution in [3.63, 3.8) is 0 Å². The Bertz CT molecular complexity index is 1510. The van der Waals surface area contributed by atoms with Gasteiger partial charge in [-0.05, 0) is 23.8 Å². The van der Waals surface area contributed by atoms with E-state index in [4.69, 9.17) is 0 Å². The number of fused-ring (bicyclic) bond motifs is 1. The summed E-state index contributed by atoms with van der Waals surface area (Å²) in [6.45, 7) is 0. The van der Waals surface area contributed by atoms with Crippen molar-refractivity contribution in [3.8, 4) is 11.3 Å². The summed E-state index contributed by atoms with van der Waals surface area (Å²) >= 11 is 0.910. The lowest BCUT2D eigenvalue weighted by Gasteiger charge is -2.11. The predicted octanol–water partition coefficient (Wildman–Crippen LogP) is 2.96. The van der Waals surface area contributed by atoms with Crippen LogP contribution in [0.3, 0.4) is 0 Å². The van der Waals surface area contributed by atoms with Gasteiger partial charge in [0.05, 0.1) is 28.6 Å². The predicted molar refractivity (Wildman–Crippen MR) is 114 cm³/mol. The van der Waals surface area contributed by atoms with Gasteiger partial charge >= 0.3 is 5.69 Å². The molecule has 4 rings (SSSR count). The van der Waals surface area contributed by atoms with E-state index in [0.29, 0.717) is 17.1 Å². The van der Waals surface area contributed by atoms with E-state index in [1.807, 2.05) is 0 Å². The van der Waals surface area contributed by atoms with Crippen LogP contribution in [0.5, 0.6) is 0 Å². The topological polar surface area (TPSA) is 86.0 Å². The van der Waals surface area contributed by atoms with Gasteiger partial charge in [0.15, 0.2) is 16.8 Å². The van der Waals surface area contributed by atoms with Crippen LogP contribution in [-0.4, -0.2) is 20.0 Å². The second kappa shape index (κ2) is 8.08. The van der Waals surface area contributed by atoms with Gasteiger partial charge in [-0.15, -0.1) is 11.3 Å². The number of nitrogens with zero attached hydrogens (tertiary/aromatic N) is 3. The van der Waals surface area contributed by atoms with Crippen molar-refractivity contribution >= 4 is 33.3 Å². The Kier molecular flexibility index (Phi) is 5.43. The van der Waals surface area contributed by atoms with Crippen LogP contribution in [0.1, 0.15) is 5.56 Å². The minimum atomic E-state index is -1.37. The summed E-state index contributed by atoms with van der Waals surface area (Å²) in [4.78, 5) is 41.3. The molecule has 0 unspecified atom stereocenters. The lowest BCUT2D eigenvalue weighted by molar-refractivity contribution is -0.115. The van der Waals surface area contributed by atoms with Crippen LogP contribution >= 0.6 is 11.3 Å². The normalized spacial score (nSPS) is 11.2. The largest absolute Gasteiger partial charge is 0.330 e. The number of benzene rings is 2. The summed E-state index contributed by atoms with van der Waals surface area (Å²) in [7, 11) is 2.87. The molecular formula is C21H15F3N4O3S. The molecule has 0 aliphatic carbocycles. The smallest absolute Gasteiger partial charge is 0.302 e. The molecule has 0 spiro atoms. The van der Waals surface area contributed by atoms with Gasteiger partial charge in [-0.2, -0.15) is 0 Å². The number of aromatic nitrogens is 3. The van der Waals surface area contributed by atoms with Crippen molar-refractivity contribution < 1.29 is 18.0 Å². The summed E-state index contributed by atoms with van der Waals surface area (Å²) in [5, 5.41) is 4.08. The molecule has 32 heavy (non-hydrogen) atoms. The van der Waals surface area contributed by atoms with Gasteiger partial charge in [0.2, 0.25) is 5.91 Å². The summed E-state index contributed by atoms with van der Waals surface area (Å²) in [5.41, 5.74) is -1.02. The Balaban J connectivity index is 1.63. The molecule has 7 nitrogen and oxygen atoms in total. The summed E-state index contributed by atoms with van der Waals surface area (Å²) in [6, 6.07) is 6.29. The monoisotopic (exact) mass is 460 g/mol. The molecule has 0 radical (unpaired) electrons. The SMILES string of the molecule is Cn1c(=O)c2c(CC(=O)Nc3nc(-c4c(F)ccc(F)c4F)cs3)cccc2n(C)c1=O. The number of halogens is 3. The molecule has 0 bridgehead atoms. The van der Waals surface area contributed by atoms with E-state index in [-0.39, 0.29) is 22.6 Å². The van der Waals surface area contributed by atoms with E-state index in [2.05, 4.69) is 10.3 Å². The maximum atomic E-state index is 14.0. The average molecular weight is 460 g/mol. The van der Waals surface area contributed by atoms with E-state index in [9.17, 15) is 27.6 Å². The molecule has 0 atom stereocenters. The first kappa shape index (κ1) is 21.5. The molecule has 0 aliphatic heterocycles. The molecule has 4 aromatic rings. The van der Waals surface area contributed by atoms with E-state index in [1.54, 1.807) is 18.2 Å². The van der Waals surface area contributed by atoms with Crippen molar-refractivity contribution in [1.82, 2.24) is 14.1 Å². The average Bonchev–Trinajstić information content (AvgIpc) is 3.21. The molecule has 1 amide bonds. The number of hydrogen-bond donors (Lipinski definition) is 1. The third-order valence-corrected chi connectivity index (χ3v) is 5.74. The standard InChI is InChI=1S/C21H15F3N4O3S/c1-27-14-5-3-4-10(16(14)19(30)28(2)21(27)31)8-15(29)26-20-25-13(9-32-20)17-11(22)6-7-12(23)18(17)24/h3-7,9H,8H2,1-2H3,(H,25,26,29). The highest BCUT2D eigenvalue weighted by molar-refractivity contribution is 7.14. The number of carbonyl (C=O) groups is 1. The summed E-state index contributed by atoms with van der Waals surface area (Å²) < 4.78 is 43.7. The van der Waals surface area contributed by atoms with Crippen molar-refractivity contribution in [1.29, 1.82) is 0 Å². The van der Waals surface area contributed by atoms with E-state index >= 15 is 0 Å². The lowest BCUT2D eigenvalue weighted by atomic mass is 10.1. The first-order chi connectivity index (χ1) is 15.2. The zero-order valence-corrected chi connectivity index (χ0v) is 17.6. The van der Waals surface area contributed by atoms with Crippen molar-refractivity contribution in [2.75, 3.05) is 5.32 Å². The Morgan fingerprint density at radius 1 is 1.06 bits per heavy atom. The van der Waals surface area contributed by atoms with E-state index in [0.717, 1.165) is 22.0 Å². The molecule has 164 valence electrons. The third-order valence-electron chi connectivity index (χ3n) is 4.98. The second-order valence-corrected chi connectivity index (χ2v) is 7.86. The minimum Gasteiger partial charge on any atom is -0.302 e. The quantitative estimate of drug-likeness (QED) is 0.475. The number of carbonyl (C=O) groups excluding carboxylic acids is 1. The first-order valence-corrected chi connectivity index (χ1v) is 10.1. The highest BCUT2D eigenvalue weighted by atomic mass is 32.1. The van der Waals surface area contributed by atoms with Crippen LogP contribution in [0.25, 0.3) is 22.2 Å². The molecule has 2 aromatic heterocycles. The number of aryl methyl sites for hydroxylation is 1. The van der Waals surface area contributed by atoms with Gasteiger partial charge < -0.3 is 5.32 Å². The summed E-state index contributed by atoms with van der Waals surface area (Å²) in [6.07, 6.45) is -0.206. The summed E-state index contributed by atoms with van der Waals surface area (Å²) in [5.74, 6) is -4.10. The maximum Gasteiger partial charge on any atom is 0.330 e. The number of nitrogens with one attached hydrogen (secondary N) is 1. The number of thiazole rings is 1. The maximum absolute atomic E-state index is 14.0. The highest BCUT2D eigenvalue weighted by Gasteiger charge is 2.19. The minimum absolute atomic E-state index is 0.0496. The number of hydrogen-bond acceptors (Lipinski definition) is 5. The Morgan fingerprint density at radius 2 is 1.78 bits per heavy atom. The van der Waals surface area contributed by atoms with Gasteiger partial charge in [0.1, 0.15) is 5.82 Å². The molecule has 0 saturated carbocycles. The Hall–Kier alpha value is -3.73. The fraction of sp³-hybridized carbons (Fsp3) is 0.143. The molecule has 0 aliphatic rings. The van der Waals surface area contributed by atoms with Gasteiger partial charge in [-0.25, -0.2) is 22.9 Å². The second-order valence-electron chi connectivity index (χ2n) is 7.00. The number of rotatable bonds is 4. The van der Waals surface area contributed by atoms with Gasteiger partial charge in [0, 0.05) is 19.5 Å². The molecule has 0 fully saturated rings. The lowest BCUT2D eigenvalue weighted by Crippen LogP contribution is -2.37. The van der Waals surface area contributed by atoms with Crippen LogP contribution < -0.4 is 16.6 Å². The Labute approximate surface area is 182 Å². The number of amides is 1. The third kappa shape index (κ3) is 3.60. The number of anilines is 1. The van der Waals surface area contributed by atoms with Crippen LogP contribution in [0.4, 0.5) is 18.3 Å². The zero-order chi connectivity index (χ0) is 23.2. The van der Waals surface area contributed by atoms with E-state index < -0.39 is 40.2 Å². The van der Waals surface area contributed by atoms with Gasteiger partial charge in [-0.3, -0.25) is 18.7 Å². The molecule has 11 heteroatoms. The van der Waals surface area contributed by atoms with Crippen LogP contribution in [-0.2, 0) is 25.3 Å². The molecule has 0 saturated heterocycles. The molecule has 2 heterocycles. The Morgan fingerprint density at radius 3 is 2.53 bits per heavy atom. The van der Waals surface area contributed by atoms with Gasteiger partial charge in [0.25, 0.3) is 5.56 Å². The van der Waals surface area contributed by atoms with E-state index in [1.165, 1.54) is 24.0 Å². The fourth-order valence-corrected chi connectivity index (χ4v) is 4.10. The van der Waals surface area contributed by atoms with Crippen molar-refractivity contribution in [2.45, 2.75) is 6.42 Å². The van der Waals surface area contributed by atoms with Crippen LogP contribution in [0.2, 0.25) is 0 Å². The fourth-order valence-electron chi connectivity index (χ4n) is 3.39. The van der Waals surface area contributed by atoms with Crippen molar-refractivity contribution in [3.05, 3.63) is 79.6 Å². The highest BCUT2D eigenvalue weighted by Crippen LogP contribution is 2.30. The van der Waals surface area contributed by atoms with Crippen LogP contribution in [0.15, 0.2) is 45.3 Å². The van der Waals surface area contributed by atoms with Crippen LogP contribution in [0, 0.1) is 17.5 Å². The first-order valence-electron chi connectivity index (χ1n) is 9.26. The molecule has 2 aromatic carbocycles. The molecular weight excluding hydrogens is 445 g/mol. The van der Waals surface area contributed by atoms with Gasteiger partial charge in [-0.1, -0.05) is 12.1 Å².